The van der Waals surface area contributed by atoms with Crippen molar-refractivity contribution in [2.24, 2.45) is 0 Å². The molecule has 1 aliphatic heterocycles. The molecule has 2 amide bonds. The van der Waals surface area contributed by atoms with Crippen molar-refractivity contribution in [1.29, 1.82) is 0 Å². The van der Waals surface area contributed by atoms with Crippen molar-refractivity contribution >= 4 is 12.0 Å². The lowest BCUT2D eigenvalue weighted by atomic mass is 10.2. The van der Waals surface area contributed by atoms with E-state index in [0.29, 0.717) is 26.2 Å². The molecule has 1 fully saturated rings. The Hall–Kier alpha value is -1.30. The van der Waals surface area contributed by atoms with Gasteiger partial charge in [-0.15, -0.1) is 0 Å². The Balaban J connectivity index is 2.39. The predicted octanol–water partition coefficient (Wildman–Crippen LogP) is 1.49. The Labute approximate surface area is 121 Å². The number of rotatable bonds is 4. The maximum atomic E-state index is 12.0. The van der Waals surface area contributed by atoms with E-state index in [1.54, 1.807) is 4.90 Å². The normalized spacial score (nSPS) is 16.8. The molecule has 1 aliphatic rings. The molecule has 0 radical (unpaired) electrons. The SMILES string of the molecule is CC(C)OCCN1CCN(C(=O)OC(C)(C)C)CC1=O. The van der Waals surface area contributed by atoms with Gasteiger partial charge in [0.2, 0.25) is 5.91 Å². The highest BCUT2D eigenvalue weighted by atomic mass is 16.6. The summed E-state index contributed by atoms with van der Waals surface area (Å²) in [6, 6.07) is 0. The molecule has 0 N–H and O–H groups in total. The molecule has 0 saturated carbocycles. The Bertz CT molecular complexity index is 350. The van der Waals surface area contributed by atoms with E-state index in [9.17, 15) is 9.59 Å². The minimum atomic E-state index is -0.539. The topological polar surface area (TPSA) is 59.1 Å². The number of nitrogens with zero attached hydrogens (tertiary/aromatic N) is 2. The van der Waals surface area contributed by atoms with Crippen LogP contribution >= 0.6 is 0 Å². The Morgan fingerprint density at radius 3 is 2.45 bits per heavy atom. The van der Waals surface area contributed by atoms with E-state index in [2.05, 4.69) is 0 Å². The molecule has 0 spiro atoms. The third-order valence-corrected chi connectivity index (χ3v) is 2.78. The minimum Gasteiger partial charge on any atom is -0.444 e. The first-order valence-corrected chi connectivity index (χ1v) is 7.06. The van der Waals surface area contributed by atoms with Gasteiger partial charge in [-0.25, -0.2) is 4.79 Å². The van der Waals surface area contributed by atoms with Gasteiger partial charge in [0.25, 0.3) is 0 Å². The quantitative estimate of drug-likeness (QED) is 0.785. The second kappa shape index (κ2) is 6.92. The summed E-state index contributed by atoms with van der Waals surface area (Å²) in [6.07, 6.45) is -0.267. The van der Waals surface area contributed by atoms with Crippen LogP contribution < -0.4 is 0 Å². The smallest absolute Gasteiger partial charge is 0.410 e. The Morgan fingerprint density at radius 2 is 1.95 bits per heavy atom. The summed E-state index contributed by atoms with van der Waals surface area (Å²) < 4.78 is 10.7. The van der Waals surface area contributed by atoms with Crippen LogP contribution in [-0.2, 0) is 14.3 Å². The average Bonchev–Trinajstić information content (AvgIpc) is 2.28. The van der Waals surface area contributed by atoms with Crippen molar-refractivity contribution in [2.45, 2.75) is 46.3 Å². The second-order valence-electron chi connectivity index (χ2n) is 6.20. The van der Waals surface area contributed by atoms with Crippen molar-refractivity contribution in [3.05, 3.63) is 0 Å². The summed E-state index contributed by atoms with van der Waals surface area (Å²) in [6.45, 7) is 11.6. The third-order valence-electron chi connectivity index (χ3n) is 2.78. The van der Waals surface area contributed by atoms with Gasteiger partial charge in [-0.2, -0.15) is 0 Å². The third kappa shape index (κ3) is 5.77. The van der Waals surface area contributed by atoms with Gasteiger partial charge in [0.1, 0.15) is 12.1 Å². The van der Waals surface area contributed by atoms with E-state index < -0.39 is 11.7 Å². The molecule has 0 unspecified atom stereocenters. The molecule has 1 heterocycles. The van der Waals surface area contributed by atoms with Crippen LogP contribution in [0.3, 0.4) is 0 Å². The van der Waals surface area contributed by atoms with Crippen LogP contribution in [0.15, 0.2) is 0 Å². The highest BCUT2D eigenvalue weighted by molar-refractivity contribution is 5.83. The molecular formula is C14H26N2O4. The van der Waals surface area contributed by atoms with Crippen molar-refractivity contribution in [3.8, 4) is 0 Å². The number of amides is 2. The van der Waals surface area contributed by atoms with E-state index in [-0.39, 0.29) is 18.6 Å². The maximum Gasteiger partial charge on any atom is 0.410 e. The monoisotopic (exact) mass is 286 g/mol. The number of ether oxygens (including phenoxy) is 2. The van der Waals surface area contributed by atoms with Crippen molar-refractivity contribution in [1.82, 2.24) is 9.80 Å². The summed E-state index contributed by atoms with van der Waals surface area (Å²) in [4.78, 5) is 27.0. The molecule has 0 aromatic heterocycles. The fourth-order valence-corrected chi connectivity index (χ4v) is 1.83. The Morgan fingerprint density at radius 1 is 1.30 bits per heavy atom. The fraction of sp³-hybridized carbons (Fsp3) is 0.857. The first-order valence-electron chi connectivity index (χ1n) is 7.06. The number of carbonyl (C=O) groups is 2. The number of piperazine rings is 1. The lowest BCUT2D eigenvalue weighted by molar-refractivity contribution is -0.136. The van der Waals surface area contributed by atoms with Gasteiger partial charge in [-0.3, -0.25) is 9.69 Å². The zero-order chi connectivity index (χ0) is 15.3. The summed E-state index contributed by atoms with van der Waals surface area (Å²) in [7, 11) is 0. The molecule has 0 bridgehead atoms. The van der Waals surface area contributed by atoms with E-state index in [1.807, 2.05) is 34.6 Å². The van der Waals surface area contributed by atoms with Crippen LogP contribution in [0.2, 0.25) is 0 Å². The largest absolute Gasteiger partial charge is 0.444 e. The van der Waals surface area contributed by atoms with Gasteiger partial charge >= 0.3 is 6.09 Å². The molecule has 6 heteroatoms. The lowest BCUT2D eigenvalue weighted by Crippen LogP contribution is -2.53. The first-order chi connectivity index (χ1) is 9.19. The standard InChI is InChI=1S/C14H26N2O4/c1-11(2)19-9-8-15-6-7-16(10-12(15)17)13(18)20-14(3,4)5/h11H,6-10H2,1-5H3. The minimum absolute atomic E-state index is 0.0607. The molecule has 0 aliphatic carbocycles. The molecular weight excluding hydrogens is 260 g/mol. The van der Waals surface area contributed by atoms with Crippen molar-refractivity contribution in [2.75, 3.05) is 32.8 Å². The predicted molar refractivity (Wildman–Crippen MR) is 75.5 cm³/mol. The summed E-state index contributed by atoms with van der Waals surface area (Å²) >= 11 is 0. The molecule has 1 rings (SSSR count). The number of hydrogen-bond donors (Lipinski definition) is 0. The average molecular weight is 286 g/mol. The summed E-state index contributed by atoms with van der Waals surface area (Å²) in [5.41, 5.74) is -0.539. The van der Waals surface area contributed by atoms with E-state index in [1.165, 1.54) is 4.90 Å². The zero-order valence-corrected chi connectivity index (χ0v) is 13.1. The van der Waals surface area contributed by atoms with Gasteiger partial charge in [-0.1, -0.05) is 0 Å². The van der Waals surface area contributed by atoms with Crippen LogP contribution in [0.1, 0.15) is 34.6 Å². The van der Waals surface area contributed by atoms with Crippen LogP contribution in [0.25, 0.3) is 0 Å². The van der Waals surface area contributed by atoms with Gasteiger partial charge in [0, 0.05) is 19.6 Å². The first kappa shape index (κ1) is 16.8. The molecule has 0 aromatic rings. The van der Waals surface area contributed by atoms with Crippen LogP contribution in [0.5, 0.6) is 0 Å². The second-order valence-corrected chi connectivity index (χ2v) is 6.20. The van der Waals surface area contributed by atoms with Crippen molar-refractivity contribution < 1.29 is 19.1 Å². The summed E-state index contributed by atoms with van der Waals surface area (Å²) in [5, 5.41) is 0. The van der Waals surface area contributed by atoms with Crippen LogP contribution in [0.4, 0.5) is 4.79 Å². The van der Waals surface area contributed by atoms with E-state index >= 15 is 0 Å². The molecule has 0 atom stereocenters. The van der Waals surface area contributed by atoms with Crippen molar-refractivity contribution in [3.63, 3.8) is 0 Å². The molecule has 20 heavy (non-hydrogen) atoms. The fourth-order valence-electron chi connectivity index (χ4n) is 1.83. The molecule has 0 aromatic carbocycles. The molecule has 1 saturated heterocycles. The van der Waals surface area contributed by atoms with Gasteiger partial charge in [0.05, 0.1) is 12.7 Å². The number of carbonyl (C=O) groups excluding carboxylic acids is 2. The van der Waals surface area contributed by atoms with Gasteiger partial charge in [-0.05, 0) is 34.6 Å². The van der Waals surface area contributed by atoms with Crippen LogP contribution in [0, 0.1) is 0 Å². The molecule has 6 nitrogen and oxygen atoms in total. The highest BCUT2D eigenvalue weighted by Crippen LogP contribution is 2.12. The highest BCUT2D eigenvalue weighted by Gasteiger charge is 2.29. The Kier molecular flexibility index (Phi) is 5.80. The summed E-state index contributed by atoms with van der Waals surface area (Å²) in [5.74, 6) is -0.0607. The van der Waals surface area contributed by atoms with Gasteiger partial charge < -0.3 is 14.4 Å². The zero-order valence-electron chi connectivity index (χ0n) is 13.1. The number of hydrogen-bond acceptors (Lipinski definition) is 4. The van der Waals surface area contributed by atoms with E-state index in [0.717, 1.165) is 0 Å². The van der Waals surface area contributed by atoms with E-state index in [4.69, 9.17) is 9.47 Å². The maximum absolute atomic E-state index is 12.0. The van der Waals surface area contributed by atoms with Gasteiger partial charge in [0.15, 0.2) is 0 Å². The lowest BCUT2D eigenvalue weighted by Gasteiger charge is -2.35. The van der Waals surface area contributed by atoms with Crippen LogP contribution in [-0.4, -0.2) is 66.3 Å². The molecule has 116 valence electrons.